The lowest BCUT2D eigenvalue weighted by Gasteiger charge is -2.07. The lowest BCUT2D eigenvalue weighted by Crippen LogP contribution is -2.07. The summed E-state index contributed by atoms with van der Waals surface area (Å²) in [5.74, 6) is 0.113. The molecule has 0 amide bonds. The molecule has 0 radical (unpaired) electrons. The molecule has 0 atom stereocenters. The van der Waals surface area contributed by atoms with Crippen molar-refractivity contribution in [1.29, 1.82) is 0 Å². The van der Waals surface area contributed by atoms with Crippen LogP contribution in [0.5, 0.6) is 0 Å². The number of nitrogens with two attached hydrogens (primary N) is 1. The summed E-state index contributed by atoms with van der Waals surface area (Å²) in [4.78, 5) is 17.6. The Bertz CT molecular complexity index is 743. The van der Waals surface area contributed by atoms with E-state index in [0.717, 1.165) is 0 Å². The van der Waals surface area contributed by atoms with Gasteiger partial charge in [-0.1, -0.05) is 5.16 Å². The first-order chi connectivity index (χ1) is 9.22. The van der Waals surface area contributed by atoms with Crippen LogP contribution in [0.3, 0.4) is 0 Å². The van der Waals surface area contributed by atoms with Gasteiger partial charge in [-0.25, -0.2) is 4.79 Å². The summed E-state index contributed by atoms with van der Waals surface area (Å²) in [5, 5.41) is 6.85. The normalized spacial score (nSPS) is 10.9. The third-order valence-electron chi connectivity index (χ3n) is 2.66. The minimum atomic E-state index is -0.502. The second-order valence-corrected chi connectivity index (χ2v) is 3.97. The van der Waals surface area contributed by atoms with Gasteiger partial charge in [-0.15, -0.1) is 0 Å². The fourth-order valence-corrected chi connectivity index (χ4v) is 1.78. The maximum Gasteiger partial charge on any atom is 0.417 e. The van der Waals surface area contributed by atoms with Crippen molar-refractivity contribution in [3.8, 4) is 0 Å². The van der Waals surface area contributed by atoms with Gasteiger partial charge in [0.25, 0.3) is 0 Å². The van der Waals surface area contributed by atoms with Gasteiger partial charge in [-0.2, -0.15) is 4.98 Å². The minimum absolute atomic E-state index is 0.436. The van der Waals surface area contributed by atoms with E-state index in [0.29, 0.717) is 41.3 Å². The van der Waals surface area contributed by atoms with Gasteiger partial charge in [-0.3, -0.25) is 4.98 Å². The predicted molar refractivity (Wildman–Crippen MR) is 67.7 cm³/mol. The zero-order valence-electron chi connectivity index (χ0n) is 9.84. The van der Waals surface area contributed by atoms with Crippen LogP contribution < -0.4 is 16.8 Å². The molecule has 8 heteroatoms. The van der Waals surface area contributed by atoms with Gasteiger partial charge in [0.2, 0.25) is 6.39 Å². The van der Waals surface area contributed by atoms with E-state index in [2.05, 4.69) is 25.0 Å². The molecule has 0 fully saturated rings. The van der Waals surface area contributed by atoms with Gasteiger partial charge in [0.1, 0.15) is 0 Å². The van der Waals surface area contributed by atoms with Crippen LogP contribution in [0.25, 0.3) is 11.1 Å². The molecule has 0 spiro atoms. The predicted octanol–water partition coefficient (Wildman–Crippen LogP) is 0.741. The number of rotatable bonds is 4. The number of fused-ring (bicyclic) bond motifs is 1. The molecule has 1 aromatic carbocycles. The number of benzene rings is 1. The number of nitrogens with zero attached hydrogens (tertiary/aromatic N) is 2. The first-order valence-electron chi connectivity index (χ1n) is 5.64. The van der Waals surface area contributed by atoms with Crippen molar-refractivity contribution in [2.75, 3.05) is 17.6 Å². The van der Waals surface area contributed by atoms with Crippen LogP contribution >= 0.6 is 0 Å². The van der Waals surface area contributed by atoms with E-state index in [9.17, 15) is 4.79 Å². The summed E-state index contributed by atoms with van der Waals surface area (Å²) in [6, 6.07) is 3.33. The molecule has 0 unspecified atom stereocenters. The monoisotopic (exact) mass is 261 g/mol. The Morgan fingerprint density at radius 2 is 2.32 bits per heavy atom. The number of hydrogen-bond acceptors (Lipinski definition) is 7. The van der Waals surface area contributed by atoms with Gasteiger partial charge in [0.05, 0.1) is 16.9 Å². The van der Waals surface area contributed by atoms with E-state index in [1.807, 2.05) is 0 Å². The molecule has 0 aliphatic heterocycles. The molecule has 4 N–H and O–H groups in total. The van der Waals surface area contributed by atoms with Crippen LogP contribution in [0.1, 0.15) is 5.82 Å². The van der Waals surface area contributed by atoms with Crippen molar-refractivity contribution in [2.45, 2.75) is 6.42 Å². The standard InChI is InChI=1S/C11H11N5O3/c12-6-3-9-8(15-11(17)19-9)4-7(6)13-2-1-10-14-5-18-16-10/h3-5,13H,1-2,12H2,(H,15,17). The molecule has 98 valence electrons. The molecule has 3 rings (SSSR count). The molecule has 0 aliphatic carbocycles. The largest absolute Gasteiger partial charge is 0.417 e. The summed E-state index contributed by atoms with van der Waals surface area (Å²) in [7, 11) is 0. The Hall–Kier alpha value is -2.77. The van der Waals surface area contributed by atoms with Crippen molar-refractivity contribution in [3.63, 3.8) is 0 Å². The van der Waals surface area contributed by atoms with Gasteiger partial charge in [0, 0.05) is 19.0 Å². The van der Waals surface area contributed by atoms with E-state index >= 15 is 0 Å². The third-order valence-corrected chi connectivity index (χ3v) is 2.66. The summed E-state index contributed by atoms with van der Waals surface area (Å²) >= 11 is 0. The molecule has 3 aromatic rings. The third kappa shape index (κ3) is 2.28. The highest BCUT2D eigenvalue weighted by atomic mass is 16.5. The second kappa shape index (κ2) is 4.48. The van der Waals surface area contributed by atoms with Crippen molar-refractivity contribution >= 4 is 22.5 Å². The Morgan fingerprint density at radius 3 is 3.11 bits per heavy atom. The molecular formula is C11H11N5O3. The Kier molecular flexibility index (Phi) is 2.67. The van der Waals surface area contributed by atoms with Crippen molar-refractivity contribution in [3.05, 3.63) is 34.9 Å². The van der Waals surface area contributed by atoms with E-state index in [-0.39, 0.29) is 0 Å². The van der Waals surface area contributed by atoms with E-state index in [4.69, 9.17) is 10.2 Å². The van der Waals surface area contributed by atoms with Crippen LogP contribution in [-0.2, 0) is 6.42 Å². The highest BCUT2D eigenvalue weighted by Gasteiger charge is 2.07. The van der Waals surface area contributed by atoms with Crippen LogP contribution in [-0.4, -0.2) is 21.7 Å². The zero-order valence-corrected chi connectivity index (χ0v) is 9.84. The number of aromatic amines is 1. The molecule has 2 aromatic heterocycles. The number of oxazole rings is 1. The summed E-state index contributed by atoms with van der Waals surface area (Å²) in [6.45, 7) is 0.595. The topological polar surface area (TPSA) is 123 Å². The number of H-pyrrole nitrogens is 1. The molecule has 8 nitrogen and oxygen atoms in total. The number of anilines is 2. The quantitative estimate of drug-likeness (QED) is 0.592. The molecule has 19 heavy (non-hydrogen) atoms. The lowest BCUT2D eigenvalue weighted by atomic mass is 10.2. The first kappa shape index (κ1) is 11.3. The molecule has 0 saturated heterocycles. The Labute approximate surface area is 106 Å². The van der Waals surface area contributed by atoms with Gasteiger partial charge in [0.15, 0.2) is 11.4 Å². The van der Waals surface area contributed by atoms with Gasteiger partial charge >= 0.3 is 5.76 Å². The van der Waals surface area contributed by atoms with Crippen molar-refractivity contribution < 1.29 is 8.94 Å². The SMILES string of the molecule is Nc1cc2oc(=O)[nH]c2cc1NCCc1ncon1. The smallest absolute Gasteiger partial charge is 0.408 e. The van der Waals surface area contributed by atoms with E-state index < -0.39 is 5.76 Å². The highest BCUT2D eigenvalue weighted by Crippen LogP contribution is 2.24. The minimum Gasteiger partial charge on any atom is -0.408 e. The van der Waals surface area contributed by atoms with Crippen LogP contribution in [0, 0.1) is 0 Å². The van der Waals surface area contributed by atoms with Gasteiger partial charge < -0.3 is 20.0 Å². The summed E-state index contributed by atoms with van der Waals surface area (Å²) in [5.41, 5.74) is 8.12. The summed E-state index contributed by atoms with van der Waals surface area (Å²) < 4.78 is 9.55. The average Bonchev–Trinajstić information content (AvgIpc) is 2.98. The lowest BCUT2D eigenvalue weighted by molar-refractivity contribution is 0.410. The maximum atomic E-state index is 11.1. The van der Waals surface area contributed by atoms with Crippen molar-refractivity contribution in [2.24, 2.45) is 0 Å². The number of nitrogen functional groups attached to an aromatic ring is 1. The fourth-order valence-electron chi connectivity index (χ4n) is 1.78. The van der Waals surface area contributed by atoms with Crippen molar-refractivity contribution in [1.82, 2.24) is 15.1 Å². The Balaban J connectivity index is 1.76. The average molecular weight is 261 g/mol. The van der Waals surface area contributed by atoms with Crippen LogP contribution in [0.2, 0.25) is 0 Å². The molecule has 0 saturated carbocycles. The van der Waals surface area contributed by atoms with Gasteiger partial charge in [-0.05, 0) is 6.07 Å². The second-order valence-electron chi connectivity index (χ2n) is 3.97. The van der Waals surface area contributed by atoms with Crippen LogP contribution in [0.4, 0.5) is 11.4 Å². The van der Waals surface area contributed by atoms with E-state index in [1.54, 1.807) is 12.1 Å². The number of nitrogens with one attached hydrogen (secondary N) is 2. The fraction of sp³-hybridized carbons (Fsp3) is 0.182. The number of hydrogen-bond donors (Lipinski definition) is 3. The first-order valence-corrected chi connectivity index (χ1v) is 5.64. The van der Waals surface area contributed by atoms with E-state index in [1.165, 1.54) is 6.39 Å². The highest BCUT2D eigenvalue weighted by molar-refractivity contribution is 5.85. The maximum absolute atomic E-state index is 11.1. The molecular weight excluding hydrogens is 250 g/mol. The number of aromatic nitrogens is 3. The molecule has 0 bridgehead atoms. The Morgan fingerprint density at radius 1 is 1.42 bits per heavy atom. The summed E-state index contributed by atoms with van der Waals surface area (Å²) in [6.07, 6.45) is 1.89. The molecule has 2 heterocycles. The molecule has 0 aliphatic rings. The zero-order chi connectivity index (χ0) is 13.2. The van der Waals surface area contributed by atoms with Crippen LogP contribution in [0.15, 0.2) is 32.3 Å².